The molecule has 0 spiro atoms. The summed E-state index contributed by atoms with van der Waals surface area (Å²) in [5.74, 6) is -1.11. The first-order valence-corrected chi connectivity index (χ1v) is 13.0. The number of carbonyl (C=O) groups excluding carboxylic acids is 2. The number of aryl methyl sites for hydroxylation is 1. The zero-order valence-corrected chi connectivity index (χ0v) is 21.7. The lowest BCUT2D eigenvalue weighted by Gasteiger charge is -2.17. The van der Waals surface area contributed by atoms with Crippen LogP contribution in [0.3, 0.4) is 0 Å². The van der Waals surface area contributed by atoms with E-state index in [1.807, 2.05) is 49.4 Å². The molecule has 0 unspecified atom stereocenters. The summed E-state index contributed by atoms with van der Waals surface area (Å²) in [6, 6.07) is 30.9. The van der Waals surface area contributed by atoms with Gasteiger partial charge in [-0.05, 0) is 53.9 Å². The summed E-state index contributed by atoms with van der Waals surface area (Å²) in [6.45, 7) is 1.82. The van der Waals surface area contributed by atoms with Gasteiger partial charge in [0.1, 0.15) is 0 Å². The van der Waals surface area contributed by atoms with E-state index in [0.717, 1.165) is 27.7 Å². The van der Waals surface area contributed by atoms with Gasteiger partial charge < -0.3 is 4.57 Å². The maximum Gasteiger partial charge on any atom is 0.418 e. The number of benzene rings is 5. The van der Waals surface area contributed by atoms with Crippen LogP contribution in [0, 0.1) is 6.92 Å². The van der Waals surface area contributed by atoms with E-state index in [1.165, 1.54) is 10.6 Å². The highest BCUT2D eigenvalue weighted by Gasteiger charge is 2.41. The molecule has 0 saturated heterocycles. The van der Waals surface area contributed by atoms with Crippen molar-refractivity contribution in [3.8, 4) is 16.8 Å². The summed E-state index contributed by atoms with van der Waals surface area (Å²) in [6.07, 6.45) is -4.64. The average molecular weight is 547 g/mol. The first kappa shape index (κ1) is 24.8. The summed E-state index contributed by atoms with van der Waals surface area (Å²) in [5.41, 5.74) is 3.01. The number of carbonyl (C=O) groups is 2. The molecule has 1 aliphatic rings. The smallest absolute Gasteiger partial charge is 0.308 e. The van der Waals surface area contributed by atoms with Crippen LogP contribution in [0.15, 0.2) is 109 Å². The average Bonchev–Trinajstić information content (AvgIpc) is 3.45. The fraction of sp³-hybridized carbons (Fsp3) is 0.0588. The highest BCUT2D eigenvalue weighted by molar-refractivity contribution is 6.36. The maximum absolute atomic E-state index is 14.4. The van der Waals surface area contributed by atoms with Gasteiger partial charge in [0.2, 0.25) is 0 Å². The van der Waals surface area contributed by atoms with Crippen molar-refractivity contribution in [2.75, 3.05) is 4.90 Å². The second-order valence-electron chi connectivity index (χ2n) is 10.1. The number of rotatable bonds is 3. The van der Waals surface area contributed by atoms with Crippen molar-refractivity contribution in [2.24, 2.45) is 0 Å². The third kappa shape index (κ3) is 3.69. The van der Waals surface area contributed by atoms with Crippen LogP contribution in [-0.2, 0) is 6.18 Å². The minimum atomic E-state index is -4.64. The van der Waals surface area contributed by atoms with Crippen LogP contribution in [0.1, 0.15) is 31.8 Å². The summed E-state index contributed by atoms with van der Waals surface area (Å²) in [7, 11) is 0. The van der Waals surface area contributed by atoms with Crippen LogP contribution < -0.4 is 4.90 Å². The van der Waals surface area contributed by atoms with Crippen LogP contribution in [-0.4, -0.2) is 16.4 Å². The molecule has 0 atom stereocenters. The molecule has 7 rings (SSSR count). The summed E-state index contributed by atoms with van der Waals surface area (Å²) in [4.78, 5) is 28.9. The molecular weight excluding hydrogens is 525 g/mol. The molecule has 0 bridgehead atoms. The molecule has 2 heterocycles. The Labute approximate surface area is 232 Å². The van der Waals surface area contributed by atoms with Gasteiger partial charge in [-0.3, -0.25) is 9.59 Å². The minimum Gasteiger partial charge on any atom is -0.308 e. The first-order chi connectivity index (χ1) is 19.8. The Morgan fingerprint density at radius 3 is 2.05 bits per heavy atom. The predicted octanol–water partition coefficient (Wildman–Crippen LogP) is 8.58. The van der Waals surface area contributed by atoms with Gasteiger partial charge in [0, 0.05) is 10.8 Å². The second kappa shape index (κ2) is 8.93. The van der Waals surface area contributed by atoms with Crippen molar-refractivity contribution in [1.29, 1.82) is 0 Å². The standard InChI is InChI=1S/C34H21F3N2O2/c1-20-9-5-14-24-25-15-7-17-27(34(35,36)37)31(25)39(30(20)24)28-18-8-16-26-29(28)33(41)38(32(26)40)23-13-6-12-22(19-23)21-10-3-2-4-11-21/h2-19H,1H3. The summed E-state index contributed by atoms with van der Waals surface area (Å²) < 4.78 is 44.6. The van der Waals surface area contributed by atoms with Crippen LogP contribution in [0.2, 0.25) is 0 Å². The van der Waals surface area contributed by atoms with E-state index in [4.69, 9.17) is 0 Å². The number of hydrogen-bond donors (Lipinski definition) is 0. The Hall–Kier alpha value is -5.17. The van der Waals surface area contributed by atoms with Gasteiger partial charge in [0.15, 0.2) is 0 Å². The molecule has 6 aromatic rings. The predicted molar refractivity (Wildman–Crippen MR) is 154 cm³/mol. The van der Waals surface area contributed by atoms with Crippen molar-refractivity contribution >= 4 is 39.3 Å². The Balaban J connectivity index is 1.48. The van der Waals surface area contributed by atoms with Gasteiger partial charge in [-0.15, -0.1) is 0 Å². The highest BCUT2D eigenvalue weighted by Crippen LogP contribution is 2.43. The largest absolute Gasteiger partial charge is 0.418 e. The number of amides is 2. The molecule has 41 heavy (non-hydrogen) atoms. The number of para-hydroxylation sites is 2. The van der Waals surface area contributed by atoms with Crippen LogP contribution in [0.25, 0.3) is 38.6 Å². The summed E-state index contributed by atoms with van der Waals surface area (Å²) in [5, 5.41) is 1.05. The lowest BCUT2D eigenvalue weighted by Crippen LogP contribution is -2.29. The van der Waals surface area contributed by atoms with Gasteiger partial charge in [-0.25, -0.2) is 4.90 Å². The van der Waals surface area contributed by atoms with E-state index in [0.29, 0.717) is 22.0 Å². The molecule has 7 heteroatoms. The SMILES string of the molecule is Cc1cccc2c3cccc(C(F)(F)F)c3n(-c3cccc4c3C(=O)N(c3cccc(-c5ccccc5)c3)C4=O)c12. The third-order valence-electron chi connectivity index (χ3n) is 7.66. The van der Waals surface area contributed by atoms with Crippen molar-refractivity contribution in [1.82, 2.24) is 4.57 Å². The van der Waals surface area contributed by atoms with E-state index in [2.05, 4.69) is 0 Å². The lowest BCUT2D eigenvalue weighted by molar-refractivity contribution is -0.136. The third-order valence-corrected chi connectivity index (χ3v) is 7.66. The molecule has 4 nitrogen and oxygen atoms in total. The zero-order valence-electron chi connectivity index (χ0n) is 21.7. The zero-order chi connectivity index (χ0) is 28.5. The van der Waals surface area contributed by atoms with Gasteiger partial charge in [-0.1, -0.05) is 78.9 Å². The number of alkyl halides is 3. The Kier molecular flexibility index (Phi) is 5.41. The van der Waals surface area contributed by atoms with Crippen LogP contribution >= 0.6 is 0 Å². The normalized spacial score (nSPS) is 13.4. The fourth-order valence-electron chi connectivity index (χ4n) is 5.90. The van der Waals surface area contributed by atoms with E-state index in [9.17, 15) is 22.8 Å². The maximum atomic E-state index is 14.4. The number of nitrogens with zero attached hydrogens (tertiary/aromatic N) is 2. The number of hydrogen-bond acceptors (Lipinski definition) is 2. The Morgan fingerprint density at radius 2 is 1.29 bits per heavy atom. The highest BCUT2D eigenvalue weighted by atomic mass is 19.4. The lowest BCUT2D eigenvalue weighted by atomic mass is 10.0. The minimum absolute atomic E-state index is 0.0533. The van der Waals surface area contributed by atoms with E-state index >= 15 is 0 Å². The quantitative estimate of drug-likeness (QED) is 0.209. The van der Waals surface area contributed by atoms with Gasteiger partial charge in [0.05, 0.1) is 39.1 Å². The molecule has 1 aromatic heterocycles. The molecule has 0 radical (unpaired) electrons. The molecule has 1 aliphatic heterocycles. The molecule has 0 saturated carbocycles. The monoisotopic (exact) mass is 546 g/mol. The molecule has 0 aliphatic carbocycles. The topological polar surface area (TPSA) is 42.3 Å². The first-order valence-electron chi connectivity index (χ1n) is 13.0. The Morgan fingerprint density at radius 1 is 0.634 bits per heavy atom. The van der Waals surface area contributed by atoms with E-state index in [-0.39, 0.29) is 22.3 Å². The molecule has 2 amide bonds. The van der Waals surface area contributed by atoms with Gasteiger partial charge in [0.25, 0.3) is 11.8 Å². The van der Waals surface area contributed by atoms with E-state index < -0.39 is 23.6 Å². The molecule has 0 N–H and O–H groups in total. The van der Waals surface area contributed by atoms with Crippen LogP contribution in [0.4, 0.5) is 18.9 Å². The number of imide groups is 1. The van der Waals surface area contributed by atoms with Crippen molar-refractivity contribution in [3.05, 3.63) is 131 Å². The number of anilines is 1. The molecule has 0 fully saturated rings. The van der Waals surface area contributed by atoms with Crippen molar-refractivity contribution in [3.63, 3.8) is 0 Å². The van der Waals surface area contributed by atoms with Gasteiger partial charge >= 0.3 is 6.18 Å². The van der Waals surface area contributed by atoms with Gasteiger partial charge in [-0.2, -0.15) is 13.2 Å². The Bertz CT molecular complexity index is 2040. The van der Waals surface area contributed by atoms with Crippen LogP contribution in [0.5, 0.6) is 0 Å². The van der Waals surface area contributed by atoms with Crippen molar-refractivity contribution < 1.29 is 22.8 Å². The molecule has 5 aromatic carbocycles. The fourth-order valence-corrected chi connectivity index (χ4v) is 5.90. The number of halogens is 3. The van der Waals surface area contributed by atoms with Crippen molar-refractivity contribution in [2.45, 2.75) is 13.1 Å². The number of fused-ring (bicyclic) bond motifs is 4. The molecular formula is C34H21F3N2O2. The van der Waals surface area contributed by atoms with E-state index in [1.54, 1.807) is 54.6 Å². The molecule has 200 valence electrons. The summed E-state index contributed by atoms with van der Waals surface area (Å²) >= 11 is 0. The number of aromatic nitrogens is 1. The second-order valence-corrected chi connectivity index (χ2v) is 10.1.